The number of aromatic nitrogens is 1. The number of fused-ring (bicyclic) bond motifs is 1. The Morgan fingerprint density at radius 3 is 2.50 bits per heavy atom. The number of carbonyl (C=O) groups excluding carboxylic acids is 1. The number of nitro benzene ring substituents is 1. The summed E-state index contributed by atoms with van der Waals surface area (Å²) in [4.78, 5) is 43.3. The summed E-state index contributed by atoms with van der Waals surface area (Å²) in [6, 6.07) is 17.2. The highest BCUT2D eigenvalue weighted by molar-refractivity contribution is 7.07. The fraction of sp³-hybridized carbons (Fsp3) is 0.167. The van der Waals surface area contributed by atoms with E-state index >= 15 is 0 Å². The summed E-state index contributed by atoms with van der Waals surface area (Å²) in [6.45, 7) is 1.78. The lowest BCUT2D eigenvalue weighted by Crippen LogP contribution is -2.40. The van der Waals surface area contributed by atoms with Gasteiger partial charge in [-0.3, -0.25) is 19.5 Å². The number of phenolic OH excluding ortho intramolecular Hbond substituents is 1. The molecule has 42 heavy (non-hydrogen) atoms. The molecule has 214 valence electrons. The summed E-state index contributed by atoms with van der Waals surface area (Å²) in [5, 5.41) is 21.9. The number of hydrogen-bond donors (Lipinski definition) is 1. The molecule has 0 spiro atoms. The third-order valence-corrected chi connectivity index (χ3v) is 7.61. The molecule has 4 aromatic rings. The molecule has 12 heteroatoms. The molecule has 0 saturated carbocycles. The van der Waals surface area contributed by atoms with Gasteiger partial charge in [0.1, 0.15) is 0 Å². The summed E-state index contributed by atoms with van der Waals surface area (Å²) in [6.07, 6.45) is 1.37. The molecule has 1 aromatic heterocycles. The van der Waals surface area contributed by atoms with Crippen molar-refractivity contribution in [2.24, 2.45) is 4.99 Å². The Kier molecular flexibility index (Phi) is 7.89. The minimum atomic E-state index is -0.976. The van der Waals surface area contributed by atoms with Crippen molar-refractivity contribution in [3.63, 3.8) is 0 Å². The van der Waals surface area contributed by atoms with Gasteiger partial charge in [-0.15, -0.1) is 0 Å². The van der Waals surface area contributed by atoms with Gasteiger partial charge in [-0.05, 0) is 30.7 Å². The number of nitrogens with zero attached hydrogens (tertiary/aromatic N) is 3. The lowest BCUT2D eigenvalue weighted by Gasteiger charge is -2.26. The maximum Gasteiger partial charge on any atom is 0.338 e. The van der Waals surface area contributed by atoms with Gasteiger partial charge in [-0.1, -0.05) is 59.9 Å². The number of rotatable bonds is 8. The number of hydrogen-bond acceptors (Lipinski definition) is 10. The average molecular weight is 588 g/mol. The van der Waals surface area contributed by atoms with Crippen LogP contribution in [0.1, 0.15) is 29.7 Å². The number of nitro groups is 1. The van der Waals surface area contributed by atoms with Crippen molar-refractivity contribution in [3.05, 3.63) is 119 Å². The largest absolute Gasteiger partial charge is 0.502 e. The molecule has 11 nitrogen and oxygen atoms in total. The molecule has 1 aliphatic heterocycles. The predicted molar refractivity (Wildman–Crippen MR) is 155 cm³/mol. The van der Waals surface area contributed by atoms with Crippen LogP contribution >= 0.6 is 11.3 Å². The number of aromatic hydroxyl groups is 1. The summed E-state index contributed by atoms with van der Waals surface area (Å²) >= 11 is 1.03. The molecule has 1 N–H and O–H groups in total. The van der Waals surface area contributed by atoms with Crippen LogP contribution in [0.3, 0.4) is 0 Å². The monoisotopic (exact) mass is 587 g/mol. The summed E-state index contributed by atoms with van der Waals surface area (Å²) in [7, 11) is 2.98. The van der Waals surface area contributed by atoms with E-state index in [1.54, 1.807) is 37.3 Å². The first kappa shape index (κ1) is 28.3. The van der Waals surface area contributed by atoms with E-state index in [-0.39, 0.29) is 27.1 Å². The van der Waals surface area contributed by atoms with Crippen LogP contribution in [-0.4, -0.2) is 41.4 Å². The van der Waals surface area contributed by atoms with Crippen molar-refractivity contribution < 1.29 is 29.0 Å². The van der Waals surface area contributed by atoms with Crippen molar-refractivity contribution in [2.75, 3.05) is 20.8 Å². The van der Waals surface area contributed by atoms with Gasteiger partial charge < -0.3 is 19.3 Å². The van der Waals surface area contributed by atoms with E-state index in [1.807, 2.05) is 18.2 Å². The van der Waals surface area contributed by atoms with E-state index in [1.165, 1.54) is 43.1 Å². The normalized spacial score (nSPS) is 14.6. The zero-order valence-electron chi connectivity index (χ0n) is 22.8. The summed E-state index contributed by atoms with van der Waals surface area (Å²) in [5.74, 6) is -0.368. The molecule has 3 aromatic carbocycles. The van der Waals surface area contributed by atoms with E-state index in [0.717, 1.165) is 11.3 Å². The van der Waals surface area contributed by atoms with Crippen LogP contribution in [0, 0.1) is 10.1 Å². The van der Waals surface area contributed by atoms with Crippen LogP contribution < -0.4 is 24.4 Å². The van der Waals surface area contributed by atoms with E-state index in [9.17, 15) is 24.8 Å². The van der Waals surface area contributed by atoms with Gasteiger partial charge in [0.2, 0.25) is 5.75 Å². The highest BCUT2D eigenvalue weighted by atomic mass is 32.1. The van der Waals surface area contributed by atoms with Crippen molar-refractivity contribution in [2.45, 2.75) is 13.0 Å². The third-order valence-electron chi connectivity index (χ3n) is 6.63. The molecular formula is C30H25N3O8S. The first-order chi connectivity index (χ1) is 20.3. The van der Waals surface area contributed by atoms with Gasteiger partial charge >= 0.3 is 11.7 Å². The van der Waals surface area contributed by atoms with Gasteiger partial charge in [-0.2, -0.15) is 0 Å². The second kappa shape index (κ2) is 11.7. The second-order valence-electron chi connectivity index (χ2n) is 9.02. The SMILES string of the molecule is CCOC(=O)C1=C(c2ccccc2)N=c2s/c(=C/c3cccc([N+](=O)[O-])c3O)c(=O)n2[C@H]1c1ccc(OC)c(OC)c1. The maximum atomic E-state index is 14.0. The number of methoxy groups -OCH3 is 2. The Morgan fingerprint density at radius 2 is 1.83 bits per heavy atom. The summed E-state index contributed by atoms with van der Waals surface area (Å²) < 4.78 is 17.9. The maximum absolute atomic E-state index is 14.0. The molecule has 0 amide bonds. The van der Waals surface area contributed by atoms with Crippen LogP contribution in [0.25, 0.3) is 11.8 Å². The van der Waals surface area contributed by atoms with Crippen molar-refractivity contribution in [1.29, 1.82) is 0 Å². The Balaban J connectivity index is 1.85. The molecule has 1 aliphatic rings. The molecule has 0 fully saturated rings. The van der Waals surface area contributed by atoms with Gasteiger partial charge in [-0.25, -0.2) is 9.79 Å². The molecule has 0 saturated heterocycles. The van der Waals surface area contributed by atoms with Crippen molar-refractivity contribution in [1.82, 2.24) is 4.57 Å². The number of carbonyl (C=O) groups is 1. The predicted octanol–water partition coefficient (Wildman–Crippen LogP) is 3.57. The quantitative estimate of drug-likeness (QED) is 0.187. The minimum absolute atomic E-state index is 0.0880. The highest BCUT2D eigenvalue weighted by Crippen LogP contribution is 2.38. The molecule has 0 unspecified atom stereocenters. The number of esters is 1. The molecule has 0 aliphatic carbocycles. The van der Waals surface area contributed by atoms with Gasteiger partial charge in [0.05, 0.1) is 47.6 Å². The summed E-state index contributed by atoms with van der Waals surface area (Å²) in [5.41, 5.74) is 0.733. The van der Waals surface area contributed by atoms with Gasteiger partial charge in [0.25, 0.3) is 5.56 Å². The number of para-hydroxylation sites is 1. The standard InChI is InChI=1S/C30H25N3O8S/c1-4-41-29(36)24-25(17-9-6-5-7-10-17)31-30-32(26(24)18-13-14-21(39-2)22(15-18)40-3)28(35)23(42-30)16-19-11-8-12-20(27(19)34)33(37)38/h5-16,26,34H,4H2,1-3H3/b23-16+/t26-/m0/s1. The Bertz CT molecular complexity index is 1910. The molecular weight excluding hydrogens is 562 g/mol. The number of phenols is 1. The third kappa shape index (κ3) is 5.03. The van der Waals surface area contributed by atoms with E-state index in [4.69, 9.17) is 19.2 Å². The molecule has 1 atom stereocenters. The zero-order valence-corrected chi connectivity index (χ0v) is 23.6. The van der Waals surface area contributed by atoms with Crippen molar-refractivity contribution >= 4 is 34.8 Å². The van der Waals surface area contributed by atoms with E-state index < -0.39 is 33.9 Å². The van der Waals surface area contributed by atoms with Gasteiger partial charge in [0, 0.05) is 17.2 Å². The van der Waals surface area contributed by atoms with Crippen LogP contribution in [0.2, 0.25) is 0 Å². The first-order valence-electron chi connectivity index (χ1n) is 12.8. The second-order valence-corrected chi connectivity index (χ2v) is 10.0. The van der Waals surface area contributed by atoms with Crippen LogP contribution in [-0.2, 0) is 9.53 Å². The average Bonchev–Trinajstić information content (AvgIpc) is 3.31. The topological polar surface area (TPSA) is 142 Å². The minimum Gasteiger partial charge on any atom is -0.502 e. The molecule has 2 heterocycles. The fourth-order valence-electron chi connectivity index (χ4n) is 4.73. The van der Waals surface area contributed by atoms with E-state index in [2.05, 4.69) is 0 Å². The van der Waals surface area contributed by atoms with Crippen molar-refractivity contribution in [3.8, 4) is 17.2 Å². The molecule has 0 bridgehead atoms. The Morgan fingerprint density at radius 1 is 1.10 bits per heavy atom. The molecule has 0 radical (unpaired) electrons. The molecule has 5 rings (SSSR count). The number of thiazole rings is 1. The lowest BCUT2D eigenvalue weighted by atomic mass is 9.93. The Hall–Kier alpha value is -5.23. The smallest absolute Gasteiger partial charge is 0.338 e. The highest BCUT2D eigenvalue weighted by Gasteiger charge is 2.35. The zero-order chi connectivity index (χ0) is 30.0. The number of ether oxygens (including phenoxy) is 3. The van der Waals surface area contributed by atoms with Gasteiger partial charge in [0.15, 0.2) is 16.3 Å². The fourth-order valence-corrected chi connectivity index (χ4v) is 5.72. The van der Waals surface area contributed by atoms with Crippen LogP contribution in [0.5, 0.6) is 17.2 Å². The van der Waals surface area contributed by atoms with Crippen LogP contribution in [0.15, 0.2) is 82.1 Å². The Labute approximate surface area is 243 Å². The van der Waals surface area contributed by atoms with Crippen LogP contribution in [0.4, 0.5) is 5.69 Å². The lowest BCUT2D eigenvalue weighted by molar-refractivity contribution is -0.385. The van der Waals surface area contributed by atoms with E-state index in [0.29, 0.717) is 28.3 Å². The number of benzene rings is 3. The first-order valence-corrected chi connectivity index (χ1v) is 13.6.